The second kappa shape index (κ2) is 8.21. The zero-order valence-electron chi connectivity index (χ0n) is 11.5. The Morgan fingerprint density at radius 3 is 2.41 bits per heavy atom. The van der Waals surface area contributed by atoms with Crippen LogP contribution in [0.2, 0.25) is 0 Å². The molecule has 2 rings (SSSR count). The smallest absolute Gasteiger partial charge is 0.290 e. The maximum Gasteiger partial charge on any atom is 0.290 e. The molecule has 126 valence electrons. The van der Waals surface area contributed by atoms with E-state index in [1.54, 1.807) is 11.0 Å². The van der Waals surface area contributed by atoms with Crippen LogP contribution in [0.5, 0.6) is 5.75 Å². The molecular formula is C13H17Br2ClF2N2O2. The number of piperazine rings is 1. The van der Waals surface area contributed by atoms with E-state index in [1.807, 2.05) is 0 Å². The van der Waals surface area contributed by atoms with Crippen LogP contribution in [-0.2, 0) is 0 Å². The fourth-order valence-electron chi connectivity index (χ4n) is 2.51. The van der Waals surface area contributed by atoms with Crippen LogP contribution in [-0.4, -0.2) is 53.8 Å². The van der Waals surface area contributed by atoms with Crippen molar-refractivity contribution in [2.24, 2.45) is 0 Å². The van der Waals surface area contributed by atoms with E-state index in [0.717, 1.165) is 0 Å². The Labute approximate surface area is 150 Å². The van der Waals surface area contributed by atoms with Crippen LogP contribution < -0.4 is 5.32 Å². The van der Waals surface area contributed by atoms with Crippen LogP contribution in [0.4, 0.5) is 8.78 Å². The van der Waals surface area contributed by atoms with E-state index in [9.17, 15) is 13.9 Å². The number of nitrogens with zero attached hydrogens (tertiary/aromatic N) is 1. The predicted octanol–water partition coefficient (Wildman–Crippen LogP) is 2.91. The first-order valence-corrected chi connectivity index (χ1v) is 8.07. The van der Waals surface area contributed by atoms with Gasteiger partial charge in [0.2, 0.25) is 0 Å². The summed E-state index contributed by atoms with van der Waals surface area (Å²) in [6.07, 6.45) is 0. The summed E-state index contributed by atoms with van der Waals surface area (Å²) in [6.45, 7) is 0.751. The summed E-state index contributed by atoms with van der Waals surface area (Å²) >= 11 is 6.41. The Morgan fingerprint density at radius 1 is 1.27 bits per heavy atom. The number of benzene rings is 1. The van der Waals surface area contributed by atoms with Gasteiger partial charge in [0.15, 0.2) is 0 Å². The van der Waals surface area contributed by atoms with Gasteiger partial charge >= 0.3 is 0 Å². The van der Waals surface area contributed by atoms with Crippen LogP contribution in [0.15, 0.2) is 21.1 Å². The molecule has 0 unspecified atom stereocenters. The zero-order chi connectivity index (χ0) is 15.6. The van der Waals surface area contributed by atoms with E-state index in [2.05, 4.69) is 37.2 Å². The van der Waals surface area contributed by atoms with Gasteiger partial charge in [-0.15, -0.1) is 12.4 Å². The molecule has 9 heteroatoms. The van der Waals surface area contributed by atoms with Crippen LogP contribution in [0.1, 0.15) is 11.6 Å². The van der Waals surface area contributed by atoms with Gasteiger partial charge in [-0.3, -0.25) is 4.90 Å². The van der Waals surface area contributed by atoms with Gasteiger partial charge in [-0.2, -0.15) is 0 Å². The van der Waals surface area contributed by atoms with E-state index >= 15 is 0 Å². The molecule has 1 saturated heterocycles. The standard InChI is InChI=1S/C13H16Br2F2N2O2.ClH/c14-8-5-9(11(21)10(15)6-8)12(13(16,17)7-20)19-3-1-18-2-4-19;/h5-6,12,18,20-21H,1-4,7H2;1H/t12-;/m0./s1. The van der Waals surface area contributed by atoms with Crippen LogP contribution in [0, 0.1) is 0 Å². The minimum absolute atomic E-state index is 0. The molecule has 0 amide bonds. The maximum absolute atomic E-state index is 14.3. The molecule has 1 heterocycles. The summed E-state index contributed by atoms with van der Waals surface area (Å²) < 4.78 is 29.5. The monoisotopic (exact) mass is 464 g/mol. The molecule has 22 heavy (non-hydrogen) atoms. The molecule has 0 bridgehead atoms. The molecule has 0 spiro atoms. The fourth-order valence-corrected chi connectivity index (χ4v) is 3.77. The second-order valence-electron chi connectivity index (χ2n) is 4.93. The van der Waals surface area contributed by atoms with Crippen molar-refractivity contribution in [2.45, 2.75) is 12.0 Å². The van der Waals surface area contributed by atoms with Crippen molar-refractivity contribution in [1.82, 2.24) is 10.2 Å². The van der Waals surface area contributed by atoms with Gasteiger partial charge in [0.25, 0.3) is 5.92 Å². The Morgan fingerprint density at radius 2 is 1.86 bits per heavy atom. The van der Waals surface area contributed by atoms with Crippen molar-refractivity contribution in [3.8, 4) is 5.75 Å². The number of hydrogen-bond donors (Lipinski definition) is 3. The van der Waals surface area contributed by atoms with E-state index in [1.165, 1.54) is 6.07 Å². The number of rotatable bonds is 4. The number of halogens is 5. The number of phenols is 1. The van der Waals surface area contributed by atoms with Crippen molar-refractivity contribution in [3.63, 3.8) is 0 Å². The highest BCUT2D eigenvalue weighted by Crippen LogP contribution is 2.44. The Bertz CT molecular complexity index is 517. The summed E-state index contributed by atoms with van der Waals surface area (Å²) in [5, 5.41) is 22.3. The lowest BCUT2D eigenvalue weighted by atomic mass is 9.97. The summed E-state index contributed by atoms with van der Waals surface area (Å²) in [5.74, 6) is -3.58. The molecule has 1 aliphatic rings. The van der Waals surface area contributed by atoms with Gasteiger partial charge in [0, 0.05) is 36.2 Å². The van der Waals surface area contributed by atoms with Crippen LogP contribution in [0.3, 0.4) is 0 Å². The van der Waals surface area contributed by atoms with Crippen molar-refractivity contribution < 1.29 is 19.0 Å². The van der Waals surface area contributed by atoms with Crippen molar-refractivity contribution >= 4 is 44.3 Å². The van der Waals surface area contributed by atoms with Gasteiger partial charge in [-0.05, 0) is 28.1 Å². The SMILES string of the molecule is Cl.OCC(F)(F)[C@H](c1cc(Br)cc(Br)c1O)N1CCNCC1. The highest BCUT2D eigenvalue weighted by atomic mass is 79.9. The molecule has 1 aromatic rings. The van der Waals surface area contributed by atoms with Gasteiger partial charge in [-0.25, -0.2) is 8.78 Å². The molecule has 1 atom stereocenters. The average molecular weight is 467 g/mol. The van der Waals surface area contributed by atoms with Gasteiger partial charge in [-0.1, -0.05) is 15.9 Å². The van der Waals surface area contributed by atoms with E-state index in [0.29, 0.717) is 35.1 Å². The summed E-state index contributed by atoms with van der Waals surface area (Å²) in [4.78, 5) is 1.58. The van der Waals surface area contributed by atoms with Crippen LogP contribution in [0.25, 0.3) is 0 Å². The minimum Gasteiger partial charge on any atom is -0.506 e. The summed E-state index contributed by atoms with van der Waals surface area (Å²) in [7, 11) is 0. The first kappa shape index (κ1) is 20.1. The molecular weight excluding hydrogens is 449 g/mol. The highest BCUT2D eigenvalue weighted by molar-refractivity contribution is 9.11. The molecule has 0 aromatic heterocycles. The predicted molar refractivity (Wildman–Crippen MR) is 90.0 cm³/mol. The number of aliphatic hydroxyl groups excluding tert-OH is 1. The van der Waals surface area contributed by atoms with E-state index < -0.39 is 18.6 Å². The van der Waals surface area contributed by atoms with Gasteiger partial charge in [0.1, 0.15) is 18.4 Å². The number of alkyl halides is 2. The first-order chi connectivity index (χ1) is 9.86. The molecule has 1 aromatic carbocycles. The average Bonchev–Trinajstić information content (AvgIpc) is 2.45. The Hall–Kier alpha value is 0.01000. The normalized spacial score (nSPS) is 17.9. The lowest BCUT2D eigenvalue weighted by molar-refractivity contribution is -0.119. The van der Waals surface area contributed by atoms with Crippen LogP contribution >= 0.6 is 44.3 Å². The zero-order valence-corrected chi connectivity index (χ0v) is 15.5. The number of aliphatic hydroxyl groups is 1. The Balaban J connectivity index is 0.00000242. The molecule has 4 nitrogen and oxygen atoms in total. The lowest BCUT2D eigenvalue weighted by Gasteiger charge is -2.39. The van der Waals surface area contributed by atoms with Gasteiger partial charge in [0.05, 0.1) is 4.47 Å². The maximum atomic E-state index is 14.3. The minimum atomic E-state index is -3.35. The van der Waals surface area contributed by atoms with E-state index in [-0.39, 0.29) is 23.7 Å². The third-order valence-electron chi connectivity index (χ3n) is 3.48. The summed E-state index contributed by atoms with van der Waals surface area (Å²) in [5.41, 5.74) is 0.0946. The topological polar surface area (TPSA) is 55.7 Å². The first-order valence-electron chi connectivity index (χ1n) is 6.48. The second-order valence-corrected chi connectivity index (χ2v) is 6.70. The molecule has 0 radical (unpaired) electrons. The van der Waals surface area contributed by atoms with Gasteiger partial charge < -0.3 is 15.5 Å². The molecule has 1 fully saturated rings. The van der Waals surface area contributed by atoms with Crippen molar-refractivity contribution in [3.05, 3.63) is 26.6 Å². The fraction of sp³-hybridized carbons (Fsp3) is 0.538. The molecule has 1 aliphatic heterocycles. The summed E-state index contributed by atoms with van der Waals surface area (Å²) in [6, 6.07) is 1.68. The highest BCUT2D eigenvalue weighted by Gasteiger charge is 2.45. The van der Waals surface area contributed by atoms with Crippen molar-refractivity contribution in [2.75, 3.05) is 32.8 Å². The molecule has 0 saturated carbocycles. The molecule has 0 aliphatic carbocycles. The largest absolute Gasteiger partial charge is 0.506 e. The quantitative estimate of drug-likeness (QED) is 0.639. The number of aromatic hydroxyl groups is 1. The third kappa shape index (κ3) is 4.30. The lowest BCUT2D eigenvalue weighted by Crippen LogP contribution is -2.51. The number of nitrogens with one attached hydrogen (secondary N) is 1. The number of phenolic OH excluding ortho intramolecular Hbond substituents is 1. The number of hydrogen-bond acceptors (Lipinski definition) is 4. The molecule has 3 N–H and O–H groups in total. The third-order valence-corrected chi connectivity index (χ3v) is 4.54. The Kier molecular flexibility index (Phi) is 7.48. The van der Waals surface area contributed by atoms with Crippen molar-refractivity contribution in [1.29, 1.82) is 0 Å². The van der Waals surface area contributed by atoms with E-state index in [4.69, 9.17) is 5.11 Å².